The van der Waals surface area contributed by atoms with Crippen LogP contribution < -0.4 is 15.4 Å². The Bertz CT molecular complexity index is 431. The van der Waals surface area contributed by atoms with Crippen LogP contribution in [0, 0.1) is 11.7 Å². The lowest BCUT2D eigenvalue weighted by Crippen LogP contribution is -2.24. The second-order valence-electron chi connectivity index (χ2n) is 4.26. The molecule has 0 saturated carbocycles. The maximum absolute atomic E-state index is 13.6. The summed E-state index contributed by atoms with van der Waals surface area (Å²) in [5.41, 5.74) is 0.466. The lowest BCUT2D eigenvalue weighted by molar-refractivity contribution is -0.119. The normalized spacial score (nSPS) is 18.7. The Morgan fingerprint density at radius 1 is 1.61 bits per heavy atom. The van der Waals surface area contributed by atoms with Crippen molar-refractivity contribution < 1.29 is 13.9 Å². The minimum absolute atomic E-state index is 0.0281. The second-order valence-corrected chi connectivity index (χ2v) is 4.26. The molecule has 0 bridgehead atoms. The molecular formula is C13H17FN2O2. The first kappa shape index (κ1) is 12.8. The molecule has 1 amide bonds. The number of anilines is 1. The van der Waals surface area contributed by atoms with Gasteiger partial charge in [-0.3, -0.25) is 4.79 Å². The minimum atomic E-state index is -0.459. The molecule has 98 valence electrons. The summed E-state index contributed by atoms with van der Waals surface area (Å²) in [5.74, 6) is -0.347. The zero-order valence-corrected chi connectivity index (χ0v) is 10.3. The van der Waals surface area contributed by atoms with Crippen LogP contribution in [0.25, 0.3) is 0 Å². The number of rotatable bonds is 4. The topological polar surface area (TPSA) is 50.4 Å². The van der Waals surface area contributed by atoms with Gasteiger partial charge in [-0.1, -0.05) is 0 Å². The van der Waals surface area contributed by atoms with E-state index in [9.17, 15) is 9.18 Å². The van der Waals surface area contributed by atoms with E-state index in [1.165, 1.54) is 12.1 Å². The maximum Gasteiger partial charge on any atom is 0.228 e. The van der Waals surface area contributed by atoms with Crippen molar-refractivity contribution in [2.24, 2.45) is 5.92 Å². The molecule has 1 fully saturated rings. The van der Waals surface area contributed by atoms with E-state index in [-0.39, 0.29) is 17.6 Å². The van der Waals surface area contributed by atoms with Gasteiger partial charge in [0, 0.05) is 18.3 Å². The number of ether oxygens (including phenoxy) is 1. The predicted molar refractivity (Wildman–Crippen MR) is 67.2 cm³/mol. The molecule has 0 spiro atoms. The Morgan fingerprint density at radius 3 is 3.06 bits per heavy atom. The van der Waals surface area contributed by atoms with Crippen molar-refractivity contribution in [3.63, 3.8) is 0 Å². The molecule has 1 saturated heterocycles. The zero-order chi connectivity index (χ0) is 13.0. The fraction of sp³-hybridized carbons (Fsp3) is 0.462. The Balaban J connectivity index is 2.00. The van der Waals surface area contributed by atoms with E-state index < -0.39 is 5.82 Å². The molecule has 0 radical (unpaired) electrons. The average Bonchev–Trinajstić information content (AvgIpc) is 2.86. The lowest BCUT2D eigenvalue weighted by atomic mass is 10.1. The lowest BCUT2D eigenvalue weighted by Gasteiger charge is -2.11. The number of nitrogens with one attached hydrogen (secondary N) is 2. The van der Waals surface area contributed by atoms with Crippen LogP contribution in [0.3, 0.4) is 0 Å². The van der Waals surface area contributed by atoms with Gasteiger partial charge in [-0.25, -0.2) is 4.39 Å². The molecule has 1 aliphatic rings. The average molecular weight is 252 g/mol. The molecule has 0 aromatic heterocycles. The summed E-state index contributed by atoms with van der Waals surface area (Å²) in [6.45, 7) is 3.75. The molecule has 1 aromatic rings. The maximum atomic E-state index is 13.6. The van der Waals surface area contributed by atoms with Crippen LogP contribution >= 0.6 is 0 Å². The molecule has 2 N–H and O–H groups in total. The highest BCUT2D eigenvalue weighted by atomic mass is 19.1. The highest BCUT2D eigenvalue weighted by molar-refractivity contribution is 5.92. The summed E-state index contributed by atoms with van der Waals surface area (Å²) in [5, 5.41) is 5.84. The van der Waals surface area contributed by atoms with Gasteiger partial charge in [-0.2, -0.15) is 0 Å². The number of halogens is 1. The molecule has 2 rings (SSSR count). The van der Waals surface area contributed by atoms with Crippen LogP contribution in [0.15, 0.2) is 18.2 Å². The fourth-order valence-electron chi connectivity index (χ4n) is 1.97. The van der Waals surface area contributed by atoms with Crippen molar-refractivity contribution >= 4 is 11.6 Å². The number of carbonyl (C=O) groups is 1. The molecule has 5 heteroatoms. The smallest absolute Gasteiger partial charge is 0.228 e. The van der Waals surface area contributed by atoms with E-state index in [0.29, 0.717) is 18.8 Å². The van der Waals surface area contributed by atoms with Gasteiger partial charge in [-0.05, 0) is 32.0 Å². The third-order valence-electron chi connectivity index (χ3n) is 2.93. The van der Waals surface area contributed by atoms with Gasteiger partial charge in [0.05, 0.1) is 12.5 Å². The summed E-state index contributed by atoms with van der Waals surface area (Å²) in [4.78, 5) is 11.8. The Kier molecular flexibility index (Phi) is 4.15. The van der Waals surface area contributed by atoms with E-state index in [2.05, 4.69) is 10.6 Å². The third-order valence-corrected chi connectivity index (χ3v) is 2.93. The number of hydrogen-bond donors (Lipinski definition) is 2. The van der Waals surface area contributed by atoms with Gasteiger partial charge in [0.2, 0.25) is 5.91 Å². The summed E-state index contributed by atoms with van der Waals surface area (Å²) in [7, 11) is 0. The predicted octanol–water partition coefficient (Wildman–Crippen LogP) is 1.77. The highest BCUT2D eigenvalue weighted by Gasteiger charge is 2.22. The summed E-state index contributed by atoms with van der Waals surface area (Å²) in [6, 6.07) is 4.46. The Labute approximate surface area is 106 Å². The highest BCUT2D eigenvalue weighted by Crippen LogP contribution is 2.22. The second kappa shape index (κ2) is 5.82. The zero-order valence-electron chi connectivity index (χ0n) is 10.3. The molecule has 1 heterocycles. The van der Waals surface area contributed by atoms with E-state index in [0.717, 1.165) is 13.0 Å². The molecule has 4 nitrogen and oxygen atoms in total. The Hall–Kier alpha value is -1.62. The fourth-order valence-corrected chi connectivity index (χ4v) is 1.97. The monoisotopic (exact) mass is 252 g/mol. The van der Waals surface area contributed by atoms with Crippen LogP contribution in [0.2, 0.25) is 0 Å². The van der Waals surface area contributed by atoms with Crippen molar-refractivity contribution in [3.8, 4) is 5.75 Å². The standard InChI is InChI=1S/C13H17FN2O2/c1-2-18-12-4-3-10(7-11(12)14)16-13(17)9-5-6-15-8-9/h3-4,7,9,15H,2,5-6,8H2,1H3,(H,16,17). The van der Waals surface area contributed by atoms with Gasteiger partial charge in [0.15, 0.2) is 11.6 Å². The first-order chi connectivity index (χ1) is 8.70. The van der Waals surface area contributed by atoms with Crippen LogP contribution in [-0.2, 0) is 4.79 Å². The summed E-state index contributed by atoms with van der Waals surface area (Å²) < 4.78 is 18.7. The van der Waals surface area contributed by atoms with E-state index in [1.807, 2.05) is 0 Å². The summed E-state index contributed by atoms with van der Waals surface area (Å²) >= 11 is 0. The minimum Gasteiger partial charge on any atom is -0.491 e. The number of benzene rings is 1. The molecule has 1 aromatic carbocycles. The Morgan fingerprint density at radius 2 is 2.44 bits per heavy atom. The van der Waals surface area contributed by atoms with E-state index in [4.69, 9.17) is 4.74 Å². The van der Waals surface area contributed by atoms with Gasteiger partial charge in [-0.15, -0.1) is 0 Å². The van der Waals surface area contributed by atoms with Gasteiger partial charge >= 0.3 is 0 Å². The number of hydrogen-bond acceptors (Lipinski definition) is 3. The molecule has 0 aliphatic carbocycles. The van der Waals surface area contributed by atoms with Crippen molar-refractivity contribution in [3.05, 3.63) is 24.0 Å². The van der Waals surface area contributed by atoms with Crippen LogP contribution in [-0.4, -0.2) is 25.6 Å². The molecular weight excluding hydrogens is 235 g/mol. The molecule has 1 unspecified atom stereocenters. The van der Waals surface area contributed by atoms with Crippen LogP contribution in [0.5, 0.6) is 5.75 Å². The van der Waals surface area contributed by atoms with Crippen molar-refractivity contribution in [2.75, 3.05) is 25.0 Å². The quantitative estimate of drug-likeness (QED) is 0.858. The first-order valence-electron chi connectivity index (χ1n) is 6.14. The third kappa shape index (κ3) is 2.98. The van der Waals surface area contributed by atoms with E-state index >= 15 is 0 Å². The molecule has 1 aliphatic heterocycles. The first-order valence-corrected chi connectivity index (χ1v) is 6.14. The van der Waals surface area contributed by atoms with Crippen molar-refractivity contribution in [1.29, 1.82) is 0 Å². The van der Waals surface area contributed by atoms with E-state index in [1.54, 1.807) is 13.0 Å². The molecule has 1 atom stereocenters. The van der Waals surface area contributed by atoms with Crippen molar-refractivity contribution in [1.82, 2.24) is 5.32 Å². The van der Waals surface area contributed by atoms with Gasteiger partial charge in [0.25, 0.3) is 0 Å². The van der Waals surface area contributed by atoms with Crippen molar-refractivity contribution in [2.45, 2.75) is 13.3 Å². The van der Waals surface area contributed by atoms with Gasteiger partial charge < -0.3 is 15.4 Å². The van der Waals surface area contributed by atoms with Gasteiger partial charge in [0.1, 0.15) is 0 Å². The van der Waals surface area contributed by atoms with Crippen LogP contribution in [0.1, 0.15) is 13.3 Å². The number of carbonyl (C=O) groups excluding carboxylic acids is 1. The SMILES string of the molecule is CCOc1ccc(NC(=O)C2CCNC2)cc1F. The largest absolute Gasteiger partial charge is 0.491 e. The summed E-state index contributed by atoms with van der Waals surface area (Å²) in [6.07, 6.45) is 0.825. The molecule has 18 heavy (non-hydrogen) atoms. The van der Waals surface area contributed by atoms with Crippen LogP contribution in [0.4, 0.5) is 10.1 Å². The number of amides is 1.